The van der Waals surface area contributed by atoms with Gasteiger partial charge in [-0.05, 0) is 31.9 Å². The number of hydrogen-bond donors (Lipinski definition) is 2. The molecule has 114 valence electrons. The van der Waals surface area contributed by atoms with Crippen LogP contribution in [0.4, 0.5) is 0 Å². The van der Waals surface area contributed by atoms with Gasteiger partial charge in [-0.1, -0.05) is 32.0 Å². The van der Waals surface area contributed by atoms with E-state index < -0.39 is 12.1 Å². The van der Waals surface area contributed by atoms with Crippen LogP contribution in [-0.4, -0.2) is 29.7 Å². The maximum absolute atomic E-state index is 12.2. The lowest BCUT2D eigenvalue weighted by Gasteiger charge is -2.23. The first-order valence-corrected chi connectivity index (χ1v) is 6.99. The van der Waals surface area contributed by atoms with Gasteiger partial charge in [0.2, 0.25) is 5.91 Å². The van der Waals surface area contributed by atoms with Crippen molar-refractivity contribution in [3.8, 4) is 0 Å². The molecule has 0 saturated carbocycles. The van der Waals surface area contributed by atoms with Gasteiger partial charge in [0.05, 0.1) is 6.04 Å². The Balaban J connectivity index is 2.76. The summed E-state index contributed by atoms with van der Waals surface area (Å²) in [5.74, 6) is -0.867. The number of ketones is 1. The van der Waals surface area contributed by atoms with Crippen molar-refractivity contribution in [1.82, 2.24) is 10.6 Å². The molecule has 2 atom stereocenters. The highest BCUT2D eigenvalue weighted by molar-refractivity contribution is 5.98. The summed E-state index contributed by atoms with van der Waals surface area (Å²) in [5.41, 5.74) is 0.496. The molecular formula is C16H22N2O3. The number of carbonyl (C=O) groups is 3. The van der Waals surface area contributed by atoms with Crippen molar-refractivity contribution in [1.29, 1.82) is 0 Å². The molecule has 5 nitrogen and oxygen atoms in total. The molecular weight excluding hydrogens is 268 g/mol. The van der Waals surface area contributed by atoms with Gasteiger partial charge in [-0.25, -0.2) is 0 Å². The van der Waals surface area contributed by atoms with Crippen molar-refractivity contribution < 1.29 is 14.4 Å². The Labute approximate surface area is 125 Å². The smallest absolute Gasteiger partial charge is 0.251 e. The molecule has 0 heterocycles. The van der Waals surface area contributed by atoms with Gasteiger partial charge in [0, 0.05) is 5.56 Å². The lowest BCUT2D eigenvalue weighted by molar-refractivity contribution is -0.128. The van der Waals surface area contributed by atoms with Gasteiger partial charge in [0.15, 0.2) is 5.78 Å². The van der Waals surface area contributed by atoms with E-state index >= 15 is 0 Å². The molecule has 5 heteroatoms. The van der Waals surface area contributed by atoms with Gasteiger partial charge >= 0.3 is 0 Å². The quantitative estimate of drug-likeness (QED) is 0.834. The van der Waals surface area contributed by atoms with Crippen LogP contribution < -0.4 is 10.6 Å². The number of carbonyl (C=O) groups excluding carboxylic acids is 3. The predicted molar refractivity (Wildman–Crippen MR) is 80.8 cm³/mol. The number of nitrogens with one attached hydrogen (secondary N) is 2. The summed E-state index contributed by atoms with van der Waals surface area (Å²) >= 11 is 0. The Bertz CT molecular complexity index is 512. The predicted octanol–water partition coefficient (Wildman–Crippen LogP) is 1.53. The summed E-state index contributed by atoms with van der Waals surface area (Å²) in [4.78, 5) is 35.5. The second-order valence-corrected chi connectivity index (χ2v) is 5.40. The normalized spacial score (nSPS) is 13.4. The van der Waals surface area contributed by atoms with E-state index in [0.717, 1.165) is 0 Å². The highest BCUT2D eigenvalue weighted by Crippen LogP contribution is 2.06. The van der Waals surface area contributed by atoms with Crippen LogP contribution in [0.1, 0.15) is 38.1 Å². The Morgan fingerprint density at radius 2 is 1.52 bits per heavy atom. The third-order valence-electron chi connectivity index (χ3n) is 3.24. The van der Waals surface area contributed by atoms with Gasteiger partial charge in [-0.2, -0.15) is 0 Å². The van der Waals surface area contributed by atoms with Crippen LogP contribution in [0.15, 0.2) is 30.3 Å². The highest BCUT2D eigenvalue weighted by atomic mass is 16.2. The summed E-state index contributed by atoms with van der Waals surface area (Å²) in [7, 11) is 0. The molecule has 0 fully saturated rings. The van der Waals surface area contributed by atoms with Crippen LogP contribution in [0.2, 0.25) is 0 Å². The molecule has 0 unspecified atom stereocenters. The molecule has 0 spiro atoms. The second-order valence-electron chi connectivity index (χ2n) is 5.40. The van der Waals surface area contributed by atoms with E-state index in [-0.39, 0.29) is 23.5 Å². The largest absolute Gasteiger partial charge is 0.345 e. The first-order valence-electron chi connectivity index (χ1n) is 6.99. The van der Waals surface area contributed by atoms with Crippen LogP contribution in [0, 0.1) is 5.92 Å². The van der Waals surface area contributed by atoms with Crippen molar-refractivity contribution >= 4 is 17.6 Å². The summed E-state index contributed by atoms with van der Waals surface area (Å²) in [5, 5.41) is 5.33. The maximum atomic E-state index is 12.2. The van der Waals surface area contributed by atoms with E-state index in [4.69, 9.17) is 0 Å². The lowest BCUT2D eigenvalue weighted by Crippen LogP contribution is -2.52. The number of benzene rings is 1. The van der Waals surface area contributed by atoms with Crippen LogP contribution in [0.5, 0.6) is 0 Å². The SMILES string of the molecule is CC(=O)[C@H](C)NC(=O)[C@@H](NC(=O)c1ccccc1)C(C)C. The minimum Gasteiger partial charge on any atom is -0.345 e. The topological polar surface area (TPSA) is 75.3 Å². The fourth-order valence-electron chi connectivity index (χ4n) is 1.75. The second kappa shape index (κ2) is 7.57. The molecule has 2 amide bonds. The Morgan fingerprint density at radius 3 is 2.00 bits per heavy atom. The third-order valence-corrected chi connectivity index (χ3v) is 3.24. The molecule has 0 bridgehead atoms. The highest BCUT2D eigenvalue weighted by Gasteiger charge is 2.26. The van der Waals surface area contributed by atoms with Crippen molar-refractivity contribution in [2.24, 2.45) is 5.92 Å². The Hall–Kier alpha value is -2.17. The van der Waals surface area contributed by atoms with Crippen molar-refractivity contribution in [2.75, 3.05) is 0 Å². The van der Waals surface area contributed by atoms with Crippen molar-refractivity contribution in [3.63, 3.8) is 0 Å². The first-order chi connectivity index (χ1) is 9.82. The molecule has 0 radical (unpaired) electrons. The first kappa shape index (κ1) is 16.9. The molecule has 2 N–H and O–H groups in total. The fraction of sp³-hybridized carbons (Fsp3) is 0.438. The molecule has 0 aliphatic rings. The molecule has 0 saturated heterocycles. The number of hydrogen-bond acceptors (Lipinski definition) is 3. The fourth-order valence-corrected chi connectivity index (χ4v) is 1.75. The number of Topliss-reactive ketones (excluding diaryl/α,β-unsaturated/α-hetero) is 1. The minimum absolute atomic E-state index is 0.0863. The van der Waals surface area contributed by atoms with Crippen LogP contribution in [-0.2, 0) is 9.59 Å². The summed E-state index contributed by atoms with van der Waals surface area (Å²) < 4.78 is 0. The third kappa shape index (κ3) is 5.02. The van der Waals surface area contributed by atoms with Gasteiger partial charge in [0.1, 0.15) is 6.04 Å². The monoisotopic (exact) mass is 290 g/mol. The Morgan fingerprint density at radius 1 is 0.952 bits per heavy atom. The van der Waals surface area contributed by atoms with E-state index in [1.807, 2.05) is 19.9 Å². The summed E-state index contributed by atoms with van der Waals surface area (Å²) in [6, 6.07) is 7.46. The standard InChI is InChI=1S/C16H22N2O3/c1-10(2)14(16(21)17-11(3)12(4)19)18-15(20)13-8-6-5-7-9-13/h5-11,14H,1-4H3,(H,17,21)(H,18,20)/t11-,14-/m0/s1. The lowest BCUT2D eigenvalue weighted by atomic mass is 10.0. The van der Waals surface area contributed by atoms with Crippen LogP contribution >= 0.6 is 0 Å². The summed E-state index contributed by atoms with van der Waals surface area (Å²) in [6.07, 6.45) is 0. The van der Waals surface area contributed by atoms with Gasteiger partial charge < -0.3 is 10.6 Å². The summed E-state index contributed by atoms with van der Waals surface area (Å²) in [6.45, 7) is 6.72. The molecule has 0 aliphatic heterocycles. The van der Waals surface area contributed by atoms with E-state index in [1.54, 1.807) is 31.2 Å². The molecule has 0 aromatic heterocycles. The molecule has 21 heavy (non-hydrogen) atoms. The minimum atomic E-state index is -0.681. The zero-order valence-electron chi connectivity index (χ0n) is 12.8. The van der Waals surface area contributed by atoms with Crippen LogP contribution in [0.3, 0.4) is 0 Å². The van der Waals surface area contributed by atoms with E-state index in [2.05, 4.69) is 10.6 Å². The van der Waals surface area contributed by atoms with Crippen molar-refractivity contribution in [3.05, 3.63) is 35.9 Å². The van der Waals surface area contributed by atoms with E-state index in [1.165, 1.54) is 6.92 Å². The molecule has 1 aromatic carbocycles. The van der Waals surface area contributed by atoms with Gasteiger partial charge in [0.25, 0.3) is 5.91 Å². The zero-order valence-corrected chi connectivity index (χ0v) is 12.8. The molecule has 1 aromatic rings. The average molecular weight is 290 g/mol. The number of rotatable bonds is 6. The maximum Gasteiger partial charge on any atom is 0.251 e. The van der Waals surface area contributed by atoms with Crippen LogP contribution in [0.25, 0.3) is 0 Å². The van der Waals surface area contributed by atoms with E-state index in [9.17, 15) is 14.4 Å². The molecule has 0 aliphatic carbocycles. The average Bonchev–Trinajstić information content (AvgIpc) is 2.44. The van der Waals surface area contributed by atoms with E-state index in [0.29, 0.717) is 5.56 Å². The Kier molecular flexibility index (Phi) is 6.09. The van der Waals surface area contributed by atoms with Gasteiger partial charge in [-0.15, -0.1) is 0 Å². The van der Waals surface area contributed by atoms with Gasteiger partial charge in [-0.3, -0.25) is 14.4 Å². The number of amides is 2. The zero-order chi connectivity index (χ0) is 16.0. The molecule has 1 rings (SSSR count). The van der Waals surface area contributed by atoms with Crippen molar-refractivity contribution in [2.45, 2.75) is 39.8 Å².